The molecule has 0 aliphatic heterocycles. The predicted molar refractivity (Wildman–Crippen MR) is 87.8 cm³/mol. The third-order valence-electron chi connectivity index (χ3n) is 3.04. The first-order valence-electron chi connectivity index (χ1n) is 6.69. The number of ketones is 1. The van der Waals surface area contributed by atoms with Crippen LogP contribution in [0.3, 0.4) is 0 Å². The maximum atomic E-state index is 12.5. The molecule has 2 aromatic rings. The summed E-state index contributed by atoms with van der Waals surface area (Å²) >= 11 is 3.17. The Hall–Kier alpha value is -2.09. The van der Waals surface area contributed by atoms with Crippen molar-refractivity contribution in [3.8, 4) is 5.75 Å². The summed E-state index contributed by atoms with van der Waals surface area (Å²) in [6.07, 6.45) is 1.66. The number of aromatic nitrogens is 1. The van der Waals surface area contributed by atoms with Crippen molar-refractivity contribution in [1.82, 2.24) is 15.2 Å². The van der Waals surface area contributed by atoms with Gasteiger partial charge in [-0.15, -0.1) is 0 Å². The summed E-state index contributed by atoms with van der Waals surface area (Å²) in [4.78, 5) is 17.2. The Bertz CT molecular complexity index is 757. The molecule has 0 atom stereocenters. The monoisotopic (exact) mass is 387 g/mol. The first kappa shape index (κ1) is 17.3. The summed E-state index contributed by atoms with van der Waals surface area (Å²) in [6.45, 7) is -2.91. The van der Waals surface area contributed by atoms with Gasteiger partial charge in [0, 0.05) is 38.2 Å². The molecule has 23 heavy (non-hydrogen) atoms. The van der Waals surface area contributed by atoms with E-state index in [1.165, 1.54) is 6.07 Å². The molecule has 5 nitrogen and oxygen atoms in total. The average Bonchev–Trinajstić information content (AvgIpc) is 2.86. The van der Waals surface area contributed by atoms with E-state index in [1.54, 1.807) is 44.4 Å². The van der Waals surface area contributed by atoms with E-state index in [9.17, 15) is 13.6 Å². The number of hydrogen-bond donors (Lipinski definition) is 2. The first-order chi connectivity index (χ1) is 10.8. The van der Waals surface area contributed by atoms with Crippen LogP contribution in [0.1, 0.15) is 10.5 Å². The molecule has 2 N–H and O–H groups in total. The van der Waals surface area contributed by atoms with Crippen molar-refractivity contribution in [1.29, 1.82) is 0 Å². The highest BCUT2D eigenvalue weighted by molar-refractivity contribution is 9.10. The van der Waals surface area contributed by atoms with Gasteiger partial charge in [0.15, 0.2) is 0 Å². The zero-order valence-electron chi connectivity index (χ0n) is 12.8. The molecule has 0 fully saturated rings. The number of carbonyl (C=O) groups excluding carboxylic acids is 1. The van der Waals surface area contributed by atoms with Crippen LogP contribution >= 0.6 is 15.9 Å². The van der Waals surface area contributed by atoms with E-state index >= 15 is 0 Å². The Labute approximate surface area is 140 Å². The SMILES string of the molecule is CN/C(=C\N(C)C)C(=O)c1cc2cc(OC(F)F)c(Br)cc2[nH]1. The summed E-state index contributed by atoms with van der Waals surface area (Å²) in [5, 5.41) is 3.45. The molecular formula is C15H16BrF2N3O2. The van der Waals surface area contributed by atoms with Gasteiger partial charge in [-0.05, 0) is 34.1 Å². The van der Waals surface area contributed by atoms with E-state index in [0.717, 1.165) is 0 Å². The summed E-state index contributed by atoms with van der Waals surface area (Å²) in [5.41, 5.74) is 1.40. The number of nitrogens with one attached hydrogen (secondary N) is 2. The Kier molecular flexibility index (Phi) is 5.25. The summed E-state index contributed by atoms with van der Waals surface area (Å²) < 4.78 is 29.6. The van der Waals surface area contributed by atoms with Crippen molar-refractivity contribution in [3.63, 3.8) is 0 Å². The number of Topliss-reactive ketones (excluding diaryl/α,β-unsaturated/α-hetero) is 1. The molecule has 0 spiro atoms. The van der Waals surface area contributed by atoms with E-state index in [2.05, 4.69) is 31.0 Å². The van der Waals surface area contributed by atoms with Gasteiger partial charge >= 0.3 is 6.61 Å². The number of rotatable bonds is 6. The van der Waals surface area contributed by atoms with Gasteiger partial charge in [-0.25, -0.2) is 0 Å². The number of carbonyl (C=O) groups is 1. The molecule has 0 aliphatic rings. The molecular weight excluding hydrogens is 372 g/mol. The lowest BCUT2D eigenvalue weighted by Crippen LogP contribution is -2.20. The minimum absolute atomic E-state index is 0.0168. The molecule has 0 saturated heterocycles. The summed E-state index contributed by atoms with van der Waals surface area (Å²) in [6, 6.07) is 4.65. The van der Waals surface area contributed by atoms with E-state index in [4.69, 9.17) is 0 Å². The van der Waals surface area contributed by atoms with Crippen LogP contribution in [0.25, 0.3) is 10.9 Å². The lowest BCUT2D eigenvalue weighted by atomic mass is 10.2. The van der Waals surface area contributed by atoms with Crippen molar-refractivity contribution in [2.24, 2.45) is 0 Å². The highest BCUT2D eigenvalue weighted by atomic mass is 79.9. The average molecular weight is 388 g/mol. The van der Waals surface area contributed by atoms with Crippen LogP contribution < -0.4 is 10.1 Å². The molecule has 1 aromatic carbocycles. The topological polar surface area (TPSA) is 57.4 Å². The number of nitrogens with zero attached hydrogens (tertiary/aromatic N) is 1. The number of ether oxygens (including phenoxy) is 1. The molecule has 8 heteroatoms. The van der Waals surface area contributed by atoms with Crippen molar-refractivity contribution in [3.05, 3.63) is 40.3 Å². The second-order valence-corrected chi connectivity index (χ2v) is 5.87. The Morgan fingerprint density at radius 2 is 2.09 bits per heavy atom. The Morgan fingerprint density at radius 3 is 2.65 bits per heavy atom. The third-order valence-corrected chi connectivity index (χ3v) is 3.65. The maximum Gasteiger partial charge on any atom is 0.387 e. The lowest BCUT2D eigenvalue weighted by Gasteiger charge is -2.09. The van der Waals surface area contributed by atoms with Gasteiger partial charge in [0.05, 0.1) is 10.2 Å². The number of fused-ring (bicyclic) bond motifs is 1. The fraction of sp³-hybridized carbons (Fsp3) is 0.267. The Morgan fingerprint density at radius 1 is 1.39 bits per heavy atom. The quantitative estimate of drug-likeness (QED) is 0.589. The van der Waals surface area contributed by atoms with E-state index in [0.29, 0.717) is 26.8 Å². The molecule has 0 amide bonds. The second kappa shape index (κ2) is 6.99. The highest BCUT2D eigenvalue weighted by Gasteiger charge is 2.16. The van der Waals surface area contributed by atoms with E-state index in [-0.39, 0.29) is 11.5 Å². The number of benzene rings is 1. The number of likely N-dealkylation sites (N-methyl/N-ethyl adjacent to an activating group) is 1. The number of allylic oxidation sites excluding steroid dienone is 1. The van der Waals surface area contributed by atoms with Crippen molar-refractivity contribution in [2.45, 2.75) is 6.61 Å². The lowest BCUT2D eigenvalue weighted by molar-refractivity contribution is -0.0502. The molecule has 0 unspecified atom stereocenters. The van der Waals surface area contributed by atoms with Crippen LogP contribution in [0, 0.1) is 0 Å². The van der Waals surface area contributed by atoms with Gasteiger partial charge in [0.1, 0.15) is 11.4 Å². The molecule has 0 saturated carbocycles. The number of H-pyrrole nitrogens is 1. The van der Waals surface area contributed by atoms with Crippen LogP contribution in [0.2, 0.25) is 0 Å². The van der Waals surface area contributed by atoms with Crippen LogP contribution in [-0.4, -0.2) is 43.4 Å². The number of alkyl halides is 2. The van der Waals surface area contributed by atoms with Crippen molar-refractivity contribution >= 4 is 32.6 Å². The number of halogens is 3. The van der Waals surface area contributed by atoms with Gasteiger partial charge in [-0.1, -0.05) is 0 Å². The standard InChI is InChI=1S/C15H16BrF2N3O2/c1-19-12(7-21(2)3)14(22)11-4-8-5-13(23-15(17)18)9(16)6-10(8)20-11/h4-7,15,19-20H,1-3H3/b12-7-. The Balaban J connectivity index is 2.42. The molecule has 1 heterocycles. The summed E-state index contributed by atoms with van der Waals surface area (Å²) in [7, 11) is 5.27. The minimum atomic E-state index is -2.91. The first-order valence-corrected chi connectivity index (χ1v) is 7.49. The van der Waals surface area contributed by atoms with Gasteiger partial charge < -0.3 is 19.9 Å². The molecule has 1 aromatic heterocycles. The summed E-state index contributed by atoms with van der Waals surface area (Å²) in [5.74, 6) is -0.215. The molecule has 0 bridgehead atoms. The van der Waals surface area contributed by atoms with Gasteiger partial charge in [0.2, 0.25) is 5.78 Å². The van der Waals surface area contributed by atoms with Crippen LogP contribution in [0.4, 0.5) is 8.78 Å². The number of aromatic amines is 1. The fourth-order valence-electron chi connectivity index (χ4n) is 2.08. The zero-order valence-corrected chi connectivity index (χ0v) is 14.4. The fourth-order valence-corrected chi connectivity index (χ4v) is 2.52. The highest BCUT2D eigenvalue weighted by Crippen LogP contribution is 2.32. The normalized spacial score (nSPS) is 11.9. The predicted octanol–water partition coefficient (Wildman–Crippen LogP) is 3.34. The second-order valence-electron chi connectivity index (χ2n) is 5.02. The van der Waals surface area contributed by atoms with Gasteiger partial charge in [-0.2, -0.15) is 8.78 Å². The van der Waals surface area contributed by atoms with Gasteiger partial charge in [0.25, 0.3) is 0 Å². The molecule has 2 rings (SSSR count). The van der Waals surface area contributed by atoms with Crippen molar-refractivity contribution < 1.29 is 18.3 Å². The smallest absolute Gasteiger partial charge is 0.387 e. The van der Waals surface area contributed by atoms with Gasteiger partial charge in [-0.3, -0.25) is 4.79 Å². The molecule has 0 radical (unpaired) electrons. The largest absolute Gasteiger partial charge is 0.434 e. The maximum absolute atomic E-state index is 12.5. The van der Waals surface area contributed by atoms with E-state index in [1.807, 2.05) is 0 Å². The molecule has 0 aliphatic carbocycles. The third kappa shape index (κ3) is 4.01. The zero-order chi connectivity index (χ0) is 17.1. The minimum Gasteiger partial charge on any atom is -0.434 e. The van der Waals surface area contributed by atoms with Crippen LogP contribution in [0.5, 0.6) is 5.75 Å². The van der Waals surface area contributed by atoms with Crippen LogP contribution in [-0.2, 0) is 0 Å². The van der Waals surface area contributed by atoms with Crippen LogP contribution in [0.15, 0.2) is 34.6 Å². The molecule has 124 valence electrons. The van der Waals surface area contributed by atoms with E-state index < -0.39 is 6.61 Å². The number of hydrogen-bond acceptors (Lipinski definition) is 4. The van der Waals surface area contributed by atoms with Crippen molar-refractivity contribution in [2.75, 3.05) is 21.1 Å².